The smallest absolute Gasteiger partial charge is 0.420 e. The van der Waals surface area contributed by atoms with Gasteiger partial charge in [-0.25, -0.2) is 4.79 Å². The van der Waals surface area contributed by atoms with E-state index in [9.17, 15) is 14.4 Å². The van der Waals surface area contributed by atoms with E-state index in [-0.39, 0.29) is 30.9 Å². The van der Waals surface area contributed by atoms with Gasteiger partial charge in [0.15, 0.2) is 5.58 Å². The summed E-state index contributed by atoms with van der Waals surface area (Å²) in [5.74, 6) is -0.756. The van der Waals surface area contributed by atoms with Crippen molar-refractivity contribution in [1.82, 2.24) is 9.47 Å². The van der Waals surface area contributed by atoms with Gasteiger partial charge in [-0.15, -0.1) is 0 Å². The summed E-state index contributed by atoms with van der Waals surface area (Å²) in [4.78, 5) is 49.0. The SMILES string of the molecule is CCC[C@@H]1N(C(=O)Cn2c(=O)oc3ccccc32)CC[C@]12C(=O)Nc1ccccc12.O=CO. The lowest BCUT2D eigenvalue weighted by Gasteiger charge is -2.34. The first-order chi connectivity index (χ1) is 16.0. The van der Waals surface area contributed by atoms with Crippen LogP contribution in [0.5, 0.6) is 0 Å². The highest BCUT2D eigenvalue weighted by molar-refractivity contribution is 6.07. The molecule has 2 atom stereocenters. The fraction of sp³-hybridized carbons (Fsp3) is 0.333. The van der Waals surface area contributed by atoms with Gasteiger partial charge in [0.2, 0.25) is 11.8 Å². The molecule has 9 nitrogen and oxygen atoms in total. The minimum Gasteiger partial charge on any atom is -0.483 e. The van der Waals surface area contributed by atoms with Crippen LogP contribution in [0.3, 0.4) is 0 Å². The molecule has 2 aliphatic rings. The Hall–Kier alpha value is -3.88. The van der Waals surface area contributed by atoms with Gasteiger partial charge >= 0.3 is 5.76 Å². The van der Waals surface area contributed by atoms with Crippen molar-refractivity contribution in [3.63, 3.8) is 0 Å². The first-order valence-electron chi connectivity index (χ1n) is 10.8. The van der Waals surface area contributed by atoms with Crippen LogP contribution in [0.1, 0.15) is 31.7 Å². The molecule has 2 aromatic carbocycles. The highest BCUT2D eigenvalue weighted by Crippen LogP contribution is 2.49. The molecule has 1 aromatic heterocycles. The number of nitrogens with zero attached hydrogens (tertiary/aromatic N) is 2. The van der Waals surface area contributed by atoms with Gasteiger partial charge in [0.1, 0.15) is 6.54 Å². The van der Waals surface area contributed by atoms with E-state index in [0.717, 1.165) is 17.7 Å². The number of fused-ring (bicyclic) bond motifs is 3. The van der Waals surface area contributed by atoms with Crippen molar-refractivity contribution in [2.24, 2.45) is 0 Å². The van der Waals surface area contributed by atoms with Crippen molar-refractivity contribution in [3.8, 4) is 0 Å². The van der Waals surface area contributed by atoms with E-state index >= 15 is 0 Å². The van der Waals surface area contributed by atoms with Crippen molar-refractivity contribution in [3.05, 3.63) is 64.6 Å². The maximum Gasteiger partial charge on any atom is 0.420 e. The van der Waals surface area contributed by atoms with Gasteiger partial charge in [-0.1, -0.05) is 43.7 Å². The summed E-state index contributed by atoms with van der Waals surface area (Å²) in [6.45, 7) is 2.19. The zero-order valence-corrected chi connectivity index (χ0v) is 18.2. The Bertz CT molecular complexity index is 1260. The molecule has 3 heterocycles. The molecule has 33 heavy (non-hydrogen) atoms. The zero-order valence-electron chi connectivity index (χ0n) is 18.2. The van der Waals surface area contributed by atoms with Crippen LogP contribution in [0.2, 0.25) is 0 Å². The van der Waals surface area contributed by atoms with Gasteiger partial charge in [0.25, 0.3) is 6.47 Å². The Balaban J connectivity index is 0.000000821. The molecule has 172 valence electrons. The summed E-state index contributed by atoms with van der Waals surface area (Å²) in [6.07, 6.45) is 2.14. The molecule has 2 amide bonds. The second kappa shape index (κ2) is 8.93. The minimum absolute atomic E-state index is 0.0385. The average Bonchev–Trinajstić information content (AvgIpc) is 3.43. The summed E-state index contributed by atoms with van der Waals surface area (Å²) < 4.78 is 6.64. The second-order valence-electron chi connectivity index (χ2n) is 8.14. The third-order valence-corrected chi connectivity index (χ3v) is 6.50. The third kappa shape index (κ3) is 3.59. The molecule has 1 saturated heterocycles. The number of anilines is 1. The minimum atomic E-state index is -0.730. The standard InChI is InChI=1S/C23H23N3O4.CH2O2/c1-2-7-19-23(15-8-3-4-9-16(15)24-21(23)28)12-13-25(19)20(27)14-26-17-10-5-6-11-18(17)30-22(26)29;2-1-3/h3-6,8-11,19H,2,7,12-14H2,1H3,(H,24,28);1H,(H,2,3)/t19-,23+;/m0./s1. The predicted molar refractivity (Wildman–Crippen MR) is 121 cm³/mol. The Morgan fingerprint density at radius 3 is 2.67 bits per heavy atom. The van der Waals surface area contributed by atoms with Crippen LogP contribution in [0, 0.1) is 0 Å². The zero-order chi connectivity index (χ0) is 23.6. The van der Waals surface area contributed by atoms with E-state index in [1.54, 1.807) is 23.1 Å². The van der Waals surface area contributed by atoms with Crippen molar-refractivity contribution in [2.75, 3.05) is 11.9 Å². The quantitative estimate of drug-likeness (QED) is 0.588. The Labute approximate surface area is 189 Å². The number of amides is 2. The first-order valence-corrected chi connectivity index (χ1v) is 10.8. The number of likely N-dealkylation sites (tertiary alicyclic amines) is 1. The molecule has 9 heteroatoms. The Kier molecular flexibility index (Phi) is 6.04. The summed E-state index contributed by atoms with van der Waals surface area (Å²) in [5.41, 5.74) is 2.12. The van der Waals surface area contributed by atoms with Crippen LogP contribution in [0.15, 0.2) is 57.7 Å². The number of carbonyl (C=O) groups is 3. The lowest BCUT2D eigenvalue weighted by atomic mass is 9.73. The van der Waals surface area contributed by atoms with E-state index < -0.39 is 11.2 Å². The lowest BCUT2D eigenvalue weighted by molar-refractivity contribution is -0.134. The second-order valence-corrected chi connectivity index (χ2v) is 8.14. The number of hydrogen-bond donors (Lipinski definition) is 2. The molecule has 0 saturated carbocycles. The Morgan fingerprint density at radius 2 is 1.91 bits per heavy atom. The molecule has 2 aliphatic heterocycles. The van der Waals surface area contributed by atoms with Gasteiger partial charge in [0.05, 0.1) is 17.0 Å². The molecule has 0 unspecified atom stereocenters. The molecule has 0 aliphatic carbocycles. The van der Waals surface area contributed by atoms with Gasteiger partial charge < -0.3 is 19.7 Å². The number of carboxylic acid groups (broad SMARTS) is 1. The van der Waals surface area contributed by atoms with Gasteiger partial charge in [0, 0.05) is 12.2 Å². The highest BCUT2D eigenvalue weighted by Gasteiger charge is 2.58. The first kappa shape index (κ1) is 22.3. The van der Waals surface area contributed by atoms with Crippen LogP contribution in [0.25, 0.3) is 11.1 Å². The lowest BCUT2D eigenvalue weighted by Crippen LogP contribution is -2.49. The molecular weight excluding hydrogens is 426 g/mol. The van der Waals surface area contributed by atoms with E-state index in [0.29, 0.717) is 30.5 Å². The summed E-state index contributed by atoms with van der Waals surface area (Å²) in [6, 6.07) is 14.6. The highest BCUT2D eigenvalue weighted by atomic mass is 16.4. The van der Waals surface area contributed by atoms with Crippen molar-refractivity contribution >= 4 is 35.1 Å². The number of aromatic nitrogens is 1. The molecule has 0 radical (unpaired) electrons. The fourth-order valence-corrected chi connectivity index (χ4v) is 5.17. The maximum absolute atomic E-state index is 13.3. The van der Waals surface area contributed by atoms with Gasteiger partial charge in [-0.2, -0.15) is 0 Å². The molecule has 5 rings (SSSR count). The monoisotopic (exact) mass is 451 g/mol. The molecule has 1 fully saturated rings. The number of nitrogens with one attached hydrogen (secondary N) is 1. The van der Waals surface area contributed by atoms with Crippen LogP contribution < -0.4 is 11.1 Å². The third-order valence-electron chi connectivity index (χ3n) is 6.50. The van der Waals surface area contributed by atoms with Gasteiger partial charge in [-0.3, -0.25) is 19.0 Å². The topological polar surface area (TPSA) is 122 Å². The normalized spacial score (nSPS) is 20.9. The number of rotatable bonds is 4. The van der Waals surface area contributed by atoms with Crippen molar-refractivity contribution < 1.29 is 23.9 Å². The van der Waals surface area contributed by atoms with E-state index in [1.165, 1.54) is 4.57 Å². The summed E-state index contributed by atoms with van der Waals surface area (Å²) in [7, 11) is 0. The maximum atomic E-state index is 13.3. The molecule has 2 N–H and O–H groups in total. The molecule has 1 spiro atoms. The summed E-state index contributed by atoms with van der Waals surface area (Å²) >= 11 is 0. The van der Waals surface area contributed by atoms with Crippen molar-refractivity contribution in [2.45, 2.75) is 44.2 Å². The number of carbonyl (C=O) groups excluding carboxylic acids is 2. The van der Waals surface area contributed by atoms with Crippen LogP contribution in [-0.2, 0) is 26.3 Å². The van der Waals surface area contributed by atoms with Crippen LogP contribution >= 0.6 is 0 Å². The van der Waals surface area contributed by atoms with E-state index in [2.05, 4.69) is 12.2 Å². The number of benzene rings is 2. The molecular formula is C24H25N3O6. The van der Waals surface area contributed by atoms with Gasteiger partial charge in [-0.05, 0) is 36.6 Å². The number of oxazole rings is 1. The van der Waals surface area contributed by atoms with E-state index in [1.807, 2.05) is 30.3 Å². The van der Waals surface area contributed by atoms with Crippen LogP contribution in [0.4, 0.5) is 5.69 Å². The van der Waals surface area contributed by atoms with E-state index in [4.69, 9.17) is 14.3 Å². The molecule has 0 bridgehead atoms. The number of para-hydroxylation sites is 3. The van der Waals surface area contributed by atoms with Crippen LogP contribution in [-0.4, -0.2) is 45.4 Å². The molecule has 3 aromatic rings. The predicted octanol–water partition coefficient (Wildman–Crippen LogP) is 2.59. The summed E-state index contributed by atoms with van der Waals surface area (Å²) in [5, 5.41) is 9.90. The fourth-order valence-electron chi connectivity index (χ4n) is 5.17. The largest absolute Gasteiger partial charge is 0.483 e. The average molecular weight is 451 g/mol. The van der Waals surface area contributed by atoms with Crippen molar-refractivity contribution in [1.29, 1.82) is 0 Å². The Morgan fingerprint density at radius 1 is 1.21 bits per heavy atom. The number of hydrogen-bond acceptors (Lipinski definition) is 5.